The van der Waals surface area contributed by atoms with Crippen molar-refractivity contribution in [1.29, 1.82) is 0 Å². The van der Waals surface area contributed by atoms with Crippen LogP contribution < -0.4 is 5.32 Å². The van der Waals surface area contributed by atoms with Crippen LogP contribution in [0.15, 0.2) is 18.2 Å². The molecule has 0 spiro atoms. The Morgan fingerprint density at radius 1 is 1.20 bits per heavy atom. The average molecular weight is 316 g/mol. The maximum atomic E-state index is 6.37. The Bertz CT molecular complexity index is 423. The van der Waals surface area contributed by atoms with Gasteiger partial charge in [-0.05, 0) is 54.5 Å². The summed E-state index contributed by atoms with van der Waals surface area (Å²) in [6.07, 6.45) is 2.17. The molecule has 0 saturated carbocycles. The van der Waals surface area contributed by atoms with Gasteiger partial charge in [-0.1, -0.05) is 57.8 Å². The summed E-state index contributed by atoms with van der Waals surface area (Å²) >= 11 is 12.5. The van der Waals surface area contributed by atoms with E-state index in [2.05, 4.69) is 39.9 Å². The number of nitrogens with one attached hydrogen (secondary N) is 1. The van der Waals surface area contributed by atoms with Gasteiger partial charge in [0.2, 0.25) is 0 Å². The predicted octanol–water partition coefficient (Wildman–Crippen LogP) is 6.11. The fourth-order valence-corrected chi connectivity index (χ4v) is 2.56. The summed E-state index contributed by atoms with van der Waals surface area (Å²) in [6.45, 7) is 12.3. The molecule has 2 atom stereocenters. The van der Waals surface area contributed by atoms with Crippen molar-refractivity contribution in [3.63, 3.8) is 0 Å². The largest absolute Gasteiger partial charge is 0.310 e. The van der Waals surface area contributed by atoms with E-state index in [1.807, 2.05) is 18.2 Å². The number of rotatable bonds is 6. The monoisotopic (exact) mass is 315 g/mol. The lowest BCUT2D eigenvalue weighted by Gasteiger charge is -2.32. The van der Waals surface area contributed by atoms with Crippen molar-refractivity contribution < 1.29 is 0 Å². The van der Waals surface area contributed by atoms with Gasteiger partial charge in [0.15, 0.2) is 0 Å². The van der Waals surface area contributed by atoms with Gasteiger partial charge in [0.25, 0.3) is 0 Å². The number of hydrogen-bond acceptors (Lipinski definition) is 1. The third-order valence-corrected chi connectivity index (χ3v) is 4.62. The van der Waals surface area contributed by atoms with Crippen molar-refractivity contribution in [3.8, 4) is 0 Å². The molecule has 0 fully saturated rings. The summed E-state index contributed by atoms with van der Waals surface area (Å²) in [6, 6.07) is 5.99. The van der Waals surface area contributed by atoms with Crippen LogP contribution in [0.25, 0.3) is 0 Å². The second kappa shape index (κ2) is 7.68. The van der Waals surface area contributed by atoms with Crippen LogP contribution in [0.4, 0.5) is 0 Å². The van der Waals surface area contributed by atoms with E-state index >= 15 is 0 Å². The molecular weight excluding hydrogens is 289 g/mol. The maximum Gasteiger partial charge on any atom is 0.0454 e. The van der Waals surface area contributed by atoms with Crippen LogP contribution in [0.1, 0.15) is 59.1 Å². The Morgan fingerprint density at radius 2 is 1.85 bits per heavy atom. The average Bonchev–Trinajstić information content (AvgIpc) is 2.36. The predicted molar refractivity (Wildman–Crippen MR) is 90.7 cm³/mol. The summed E-state index contributed by atoms with van der Waals surface area (Å²) < 4.78 is 0. The SMILES string of the molecule is CCCNC(CC(C)C(C)(C)C)c1cc(Cl)ccc1Cl. The van der Waals surface area contributed by atoms with Gasteiger partial charge in [0.1, 0.15) is 0 Å². The molecule has 1 N–H and O–H groups in total. The minimum absolute atomic E-state index is 0.260. The third kappa shape index (κ3) is 5.27. The van der Waals surface area contributed by atoms with E-state index in [0.29, 0.717) is 5.92 Å². The summed E-state index contributed by atoms with van der Waals surface area (Å²) in [5, 5.41) is 5.16. The summed E-state index contributed by atoms with van der Waals surface area (Å²) in [5.74, 6) is 0.590. The van der Waals surface area contributed by atoms with Crippen LogP contribution in [0.5, 0.6) is 0 Å². The zero-order chi connectivity index (χ0) is 15.3. The molecule has 1 nitrogen and oxygen atoms in total. The molecule has 1 aromatic rings. The highest BCUT2D eigenvalue weighted by atomic mass is 35.5. The van der Waals surface area contributed by atoms with Crippen LogP contribution in [0.2, 0.25) is 10.0 Å². The molecule has 0 saturated heterocycles. The minimum Gasteiger partial charge on any atom is -0.310 e. The number of halogens is 2. The van der Waals surface area contributed by atoms with Crippen molar-refractivity contribution in [1.82, 2.24) is 5.32 Å². The lowest BCUT2D eigenvalue weighted by molar-refractivity contribution is 0.223. The molecule has 0 bridgehead atoms. The first-order valence-corrected chi connectivity index (χ1v) is 8.19. The summed E-state index contributed by atoms with van der Waals surface area (Å²) in [5.41, 5.74) is 1.40. The van der Waals surface area contributed by atoms with E-state index in [-0.39, 0.29) is 11.5 Å². The normalized spacial score (nSPS) is 15.2. The molecule has 0 amide bonds. The fourth-order valence-electron chi connectivity index (χ4n) is 2.13. The lowest BCUT2D eigenvalue weighted by atomic mass is 9.77. The molecule has 114 valence electrons. The molecule has 0 aliphatic carbocycles. The van der Waals surface area contributed by atoms with Gasteiger partial charge in [-0.25, -0.2) is 0 Å². The Labute approximate surface area is 134 Å². The summed E-state index contributed by atoms with van der Waals surface area (Å²) in [4.78, 5) is 0. The Balaban J connectivity index is 2.96. The lowest BCUT2D eigenvalue weighted by Crippen LogP contribution is -2.28. The molecule has 0 aliphatic heterocycles. The van der Waals surface area contributed by atoms with Gasteiger partial charge < -0.3 is 5.32 Å². The molecule has 2 unspecified atom stereocenters. The van der Waals surface area contributed by atoms with Gasteiger partial charge in [-0.2, -0.15) is 0 Å². The van der Waals surface area contributed by atoms with Crippen molar-refractivity contribution in [3.05, 3.63) is 33.8 Å². The zero-order valence-electron chi connectivity index (χ0n) is 13.3. The van der Waals surface area contributed by atoms with Crippen molar-refractivity contribution in [2.75, 3.05) is 6.54 Å². The molecule has 3 heteroatoms. The Hall–Kier alpha value is -0.240. The minimum atomic E-state index is 0.260. The van der Waals surface area contributed by atoms with Crippen LogP contribution >= 0.6 is 23.2 Å². The first-order valence-electron chi connectivity index (χ1n) is 7.44. The van der Waals surface area contributed by atoms with Gasteiger partial charge in [-0.15, -0.1) is 0 Å². The molecule has 0 heterocycles. The zero-order valence-corrected chi connectivity index (χ0v) is 14.8. The molecule has 1 aromatic carbocycles. The molecule has 0 aliphatic rings. The van der Waals surface area contributed by atoms with Gasteiger partial charge in [-0.3, -0.25) is 0 Å². The molecule has 0 radical (unpaired) electrons. The summed E-state index contributed by atoms with van der Waals surface area (Å²) in [7, 11) is 0. The van der Waals surface area contributed by atoms with Crippen molar-refractivity contribution >= 4 is 23.2 Å². The number of hydrogen-bond donors (Lipinski definition) is 1. The van der Waals surface area contributed by atoms with Crippen molar-refractivity contribution in [2.24, 2.45) is 11.3 Å². The van der Waals surface area contributed by atoms with E-state index in [1.54, 1.807) is 0 Å². The van der Waals surface area contributed by atoms with E-state index in [0.717, 1.165) is 35.0 Å². The fraction of sp³-hybridized carbons (Fsp3) is 0.647. The van der Waals surface area contributed by atoms with Gasteiger partial charge in [0.05, 0.1) is 0 Å². The van der Waals surface area contributed by atoms with Crippen LogP contribution in [-0.4, -0.2) is 6.54 Å². The van der Waals surface area contributed by atoms with Crippen molar-refractivity contribution in [2.45, 2.75) is 53.5 Å². The highest BCUT2D eigenvalue weighted by Crippen LogP contribution is 2.36. The van der Waals surface area contributed by atoms with E-state index in [9.17, 15) is 0 Å². The van der Waals surface area contributed by atoms with Gasteiger partial charge >= 0.3 is 0 Å². The van der Waals surface area contributed by atoms with Crippen LogP contribution in [0, 0.1) is 11.3 Å². The molecule has 0 aromatic heterocycles. The molecular formula is C17H27Cl2N. The standard InChI is InChI=1S/C17H27Cl2N/c1-6-9-20-16(10-12(2)17(3,4)5)14-11-13(18)7-8-15(14)19/h7-8,11-12,16,20H,6,9-10H2,1-5H3. The van der Waals surface area contributed by atoms with Crippen LogP contribution in [-0.2, 0) is 0 Å². The quantitative estimate of drug-likeness (QED) is 0.668. The van der Waals surface area contributed by atoms with Gasteiger partial charge in [0, 0.05) is 16.1 Å². The van der Waals surface area contributed by atoms with E-state index in [4.69, 9.17) is 23.2 Å². The highest BCUT2D eigenvalue weighted by molar-refractivity contribution is 6.33. The maximum absolute atomic E-state index is 6.37. The van der Waals surface area contributed by atoms with E-state index in [1.165, 1.54) is 0 Å². The highest BCUT2D eigenvalue weighted by Gasteiger charge is 2.25. The molecule has 1 rings (SSSR count). The second-order valence-corrected chi connectivity index (χ2v) is 7.52. The Morgan fingerprint density at radius 3 is 2.40 bits per heavy atom. The first kappa shape index (κ1) is 17.8. The first-order chi connectivity index (χ1) is 9.25. The topological polar surface area (TPSA) is 12.0 Å². The third-order valence-electron chi connectivity index (χ3n) is 4.04. The number of benzene rings is 1. The molecule has 20 heavy (non-hydrogen) atoms. The Kier molecular flexibility index (Phi) is 6.84. The van der Waals surface area contributed by atoms with E-state index < -0.39 is 0 Å². The second-order valence-electron chi connectivity index (χ2n) is 6.68. The van der Waals surface area contributed by atoms with Crippen LogP contribution in [0.3, 0.4) is 0 Å². The smallest absolute Gasteiger partial charge is 0.0454 e.